The van der Waals surface area contributed by atoms with Gasteiger partial charge >= 0.3 is 0 Å². The Balaban J connectivity index is 2.35. The zero-order chi connectivity index (χ0) is 10.4. The monoisotopic (exact) mass is 198 g/mol. The van der Waals surface area contributed by atoms with Crippen LogP contribution in [-0.2, 0) is 4.74 Å². The summed E-state index contributed by atoms with van der Waals surface area (Å²) >= 11 is 0. The van der Waals surface area contributed by atoms with Crippen LogP contribution in [0.4, 0.5) is 0 Å². The maximum atomic E-state index is 7.88. The summed E-state index contributed by atoms with van der Waals surface area (Å²) in [7, 11) is 0. The molecule has 0 aromatic rings. The highest BCUT2D eigenvalue weighted by Crippen LogP contribution is 2.14. The molecule has 3 nitrogen and oxygen atoms in total. The van der Waals surface area contributed by atoms with Gasteiger partial charge in [-0.25, -0.2) is 0 Å². The SMILES string of the molecule is CCCC(=N)N1CCCC(OCC)C1. The van der Waals surface area contributed by atoms with Crippen molar-refractivity contribution in [1.29, 1.82) is 5.41 Å². The first kappa shape index (κ1) is 11.5. The van der Waals surface area contributed by atoms with E-state index < -0.39 is 0 Å². The molecule has 1 N–H and O–H groups in total. The molecule has 14 heavy (non-hydrogen) atoms. The van der Waals surface area contributed by atoms with Gasteiger partial charge in [0.1, 0.15) is 0 Å². The number of nitrogens with zero attached hydrogens (tertiary/aromatic N) is 1. The third-order valence-corrected chi connectivity index (χ3v) is 2.65. The Labute approximate surface area is 86.9 Å². The van der Waals surface area contributed by atoms with Gasteiger partial charge in [-0.1, -0.05) is 6.92 Å². The van der Waals surface area contributed by atoms with Crippen LogP contribution in [0.2, 0.25) is 0 Å². The predicted molar refractivity (Wildman–Crippen MR) is 58.9 cm³/mol. The fraction of sp³-hybridized carbons (Fsp3) is 0.909. The minimum atomic E-state index is 0.353. The summed E-state index contributed by atoms with van der Waals surface area (Å²) in [5, 5.41) is 7.88. The van der Waals surface area contributed by atoms with E-state index in [4.69, 9.17) is 10.1 Å². The summed E-state index contributed by atoms with van der Waals surface area (Å²) in [6, 6.07) is 0. The Hall–Kier alpha value is -0.570. The molecule has 1 saturated heterocycles. The predicted octanol–water partition coefficient (Wildman–Crippen LogP) is 2.26. The number of nitrogens with one attached hydrogen (secondary N) is 1. The van der Waals surface area contributed by atoms with Crippen LogP contribution in [-0.4, -0.2) is 36.5 Å². The standard InChI is InChI=1S/C11H22N2O/c1-3-6-11(12)13-8-5-7-10(9-13)14-4-2/h10,12H,3-9H2,1-2H3. The molecular formula is C11H22N2O. The molecule has 1 aliphatic heterocycles. The van der Waals surface area contributed by atoms with E-state index >= 15 is 0 Å². The van der Waals surface area contributed by atoms with Gasteiger partial charge in [0.15, 0.2) is 0 Å². The van der Waals surface area contributed by atoms with Gasteiger partial charge in [-0.2, -0.15) is 0 Å². The number of amidine groups is 1. The third kappa shape index (κ3) is 3.29. The van der Waals surface area contributed by atoms with Crippen molar-refractivity contribution in [3.8, 4) is 0 Å². The highest BCUT2D eigenvalue weighted by atomic mass is 16.5. The zero-order valence-electron chi connectivity index (χ0n) is 9.38. The molecule has 1 aliphatic rings. The van der Waals surface area contributed by atoms with Gasteiger partial charge in [-0.3, -0.25) is 5.41 Å². The fourth-order valence-electron chi connectivity index (χ4n) is 1.95. The molecule has 0 bridgehead atoms. The van der Waals surface area contributed by atoms with E-state index in [0.29, 0.717) is 6.10 Å². The fourth-order valence-corrected chi connectivity index (χ4v) is 1.95. The molecule has 1 fully saturated rings. The van der Waals surface area contributed by atoms with Gasteiger partial charge in [0.25, 0.3) is 0 Å². The topological polar surface area (TPSA) is 36.3 Å². The van der Waals surface area contributed by atoms with Crippen molar-refractivity contribution in [3.63, 3.8) is 0 Å². The highest BCUT2D eigenvalue weighted by Gasteiger charge is 2.21. The van der Waals surface area contributed by atoms with Crippen LogP contribution in [0.25, 0.3) is 0 Å². The van der Waals surface area contributed by atoms with Gasteiger partial charge in [0, 0.05) is 26.1 Å². The molecule has 0 spiro atoms. The van der Waals surface area contributed by atoms with Crippen molar-refractivity contribution >= 4 is 5.84 Å². The summed E-state index contributed by atoms with van der Waals surface area (Å²) in [5.74, 6) is 0.789. The zero-order valence-corrected chi connectivity index (χ0v) is 9.38. The summed E-state index contributed by atoms with van der Waals surface area (Å²) in [6.45, 7) is 6.92. The number of hydrogen-bond acceptors (Lipinski definition) is 2. The number of rotatable bonds is 4. The van der Waals surface area contributed by atoms with Crippen LogP contribution >= 0.6 is 0 Å². The number of piperidine rings is 1. The van der Waals surface area contributed by atoms with Gasteiger partial charge in [-0.15, -0.1) is 0 Å². The minimum Gasteiger partial charge on any atom is -0.377 e. The van der Waals surface area contributed by atoms with Crippen LogP contribution < -0.4 is 0 Å². The van der Waals surface area contributed by atoms with Crippen LogP contribution in [0.5, 0.6) is 0 Å². The van der Waals surface area contributed by atoms with Crippen LogP contribution in [0, 0.1) is 5.41 Å². The molecule has 0 saturated carbocycles. The largest absolute Gasteiger partial charge is 0.377 e. The third-order valence-electron chi connectivity index (χ3n) is 2.65. The molecule has 0 radical (unpaired) electrons. The van der Waals surface area contributed by atoms with E-state index in [-0.39, 0.29) is 0 Å². The molecule has 0 aromatic heterocycles. The molecular weight excluding hydrogens is 176 g/mol. The average molecular weight is 198 g/mol. The Morgan fingerprint density at radius 2 is 2.29 bits per heavy atom. The molecule has 1 atom stereocenters. The lowest BCUT2D eigenvalue weighted by molar-refractivity contribution is 0.0229. The van der Waals surface area contributed by atoms with Crippen LogP contribution in [0.1, 0.15) is 39.5 Å². The van der Waals surface area contributed by atoms with Crippen LogP contribution in [0.15, 0.2) is 0 Å². The normalized spacial score (nSPS) is 22.4. The summed E-state index contributed by atoms with van der Waals surface area (Å²) < 4.78 is 5.60. The van der Waals surface area contributed by atoms with Gasteiger partial charge < -0.3 is 9.64 Å². The quantitative estimate of drug-likeness (QED) is 0.555. The Bertz CT molecular complexity index is 180. The maximum absolute atomic E-state index is 7.88. The lowest BCUT2D eigenvalue weighted by Gasteiger charge is -2.34. The number of ether oxygens (including phenoxy) is 1. The second kappa shape index (κ2) is 6.02. The van der Waals surface area contributed by atoms with Crippen molar-refractivity contribution in [3.05, 3.63) is 0 Å². The van der Waals surface area contributed by atoms with Gasteiger partial charge in [0.2, 0.25) is 0 Å². The Morgan fingerprint density at radius 1 is 1.50 bits per heavy atom. The van der Waals surface area contributed by atoms with Gasteiger partial charge in [0.05, 0.1) is 11.9 Å². The first-order valence-corrected chi connectivity index (χ1v) is 5.71. The average Bonchev–Trinajstić information content (AvgIpc) is 2.19. The smallest absolute Gasteiger partial charge is 0.0958 e. The molecule has 0 aromatic carbocycles. The van der Waals surface area contributed by atoms with E-state index in [2.05, 4.69) is 11.8 Å². The van der Waals surface area contributed by atoms with E-state index in [1.54, 1.807) is 0 Å². The van der Waals surface area contributed by atoms with Gasteiger partial charge in [-0.05, 0) is 26.2 Å². The first-order chi connectivity index (χ1) is 6.77. The second-order valence-electron chi connectivity index (χ2n) is 3.86. The van der Waals surface area contributed by atoms with E-state index in [1.165, 1.54) is 0 Å². The van der Waals surface area contributed by atoms with Crippen molar-refractivity contribution in [2.24, 2.45) is 0 Å². The highest BCUT2D eigenvalue weighted by molar-refractivity contribution is 5.79. The molecule has 1 unspecified atom stereocenters. The molecule has 82 valence electrons. The van der Waals surface area contributed by atoms with E-state index in [1.807, 2.05) is 6.92 Å². The Kier molecular flexibility index (Phi) is 4.94. The van der Waals surface area contributed by atoms with E-state index in [9.17, 15) is 0 Å². The van der Waals surface area contributed by atoms with Crippen molar-refractivity contribution in [1.82, 2.24) is 4.90 Å². The Morgan fingerprint density at radius 3 is 2.93 bits per heavy atom. The molecule has 1 rings (SSSR count). The van der Waals surface area contributed by atoms with Crippen molar-refractivity contribution < 1.29 is 4.74 Å². The summed E-state index contributed by atoms with van der Waals surface area (Å²) in [4.78, 5) is 2.17. The maximum Gasteiger partial charge on any atom is 0.0958 e. The minimum absolute atomic E-state index is 0.353. The first-order valence-electron chi connectivity index (χ1n) is 5.71. The lowest BCUT2D eigenvalue weighted by atomic mass is 10.1. The number of likely N-dealkylation sites (tertiary alicyclic amines) is 1. The molecule has 1 heterocycles. The molecule has 0 aliphatic carbocycles. The second-order valence-corrected chi connectivity index (χ2v) is 3.86. The molecule has 3 heteroatoms. The lowest BCUT2D eigenvalue weighted by Crippen LogP contribution is -2.42. The van der Waals surface area contributed by atoms with E-state index in [0.717, 1.165) is 51.2 Å². The summed E-state index contributed by atoms with van der Waals surface area (Å²) in [5.41, 5.74) is 0. The van der Waals surface area contributed by atoms with Crippen LogP contribution in [0.3, 0.4) is 0 Å². The summed E-state index contributed by atoms with van der Waals surface area (Å²) in [6.07, 6.45) is 4.64. The number of hydrogen-bond donors (Lipinski definition) is 1. The van der Waals surface area contributed by atoms with Crippen molar-refractivity contribution in [2.75, 3.05) is 19.7 Å². The van der Waals surface area contributed by atoms with Crippen molar-refractivity contribution in [2.45, 2.75) is 45.6 Å². The molecule has 0 amide bonds.